The van der Waals surface area contributed by atoms with Crippen LogP contribution in [0.15, 0.2) is 47.1 Å². The molecule has 0 fully saturated rings. The molecule has 3 aromatic rings. The number of nitrogens with zero attached hydrogens (tertiary/aromatic N) is 2. The second-order valence-electron chi connectivity index (χ2n) is 5.89. The van der Waals surface area contributed by atoms with Crippen LogP contribution in [0, 0.1) is 0 Å². The Morgan fingerprint density at radius 3 is 2.83 bits per heavy atom. The van der Waals surface area contributed by atoms with E-state index in [0.29, 0.717) is 12.3 Å². The minimum Gasteiger partial charge on any atom is -0.459 e. The van der Waals surface area contributed by atoms with E-state index < -0.39 is 0 Å². The number of hydrogen-bond donors (Lipinski definition) is 1. The van der Waals surface area contributed by atoms with Gasteiger partial charge in [0.1, 0.15) is 5.82 Å². The van der Waals surface area contributed by atoms with E-state index in [1.54, 1.807) is 12.1 Å². The van der Waals surface area contributed by atoms with E-state index in [9.17, 15) is 4.79 Å². The maximum absolute atomic E-state index is 12.1. The second-order valence-corrected chi connectivity index (χ2v) is 5.89. The first-order chi connectivity index (χ1) is 11.8. The van der Waals surface area contributed by atoms with Crippen LogP contribution in [0.5, 0.6) is 0 Å². The molecule has 0 aliphatic heterocycles. The number of hydrogen-bond acceptors (Lipinski definition) is 3. The Morgan fingerprint density at radius 2 is 2.04 bits per heavy atom. The summed E-state index contributed by atoms with van der Waals surface area (Å²) in [4.78, 5) is 16.7. The van der Waals surface area contributed by atoms with Crippen LogP contribution in [-0.4, -0.2) is 15.5 Å². The van der Waals surface area contributed by atoms with E-state index in [2.05, 4.69) is 27.9 Å². The number of carbonyl (C=O) groups is 1. The fraction of sp³-hybridized carbons (Fsp3) is 0.368. The summed E-state index contributed by atoms with van der Waals surface area (Å²) in [6.07, 6.45) is 6.29. The molecule has 126 valence electrons. The summed E-state index contributed by atoms with van der Waals surface area (Å²) in [5, 5.41) is 2.89. The lowest BCUT2D eigenvalue weighted by molar-refractivity contribution is 0.0921. The Bertz CT molecular complexity index is 790. The highest BCUT2D eigenvalue weighted by atomic mass is 16.3. The standard InChI is InChI=1S/C19H23N3O2/c1-2-3-4-7-12-22-16-10-6-5-9-15(16)21-18(22)14-20-19(23)17-11-8-13-24-17/h5-6,8-11,13H,2-4,7,12,14H2,1H3,(H,20,23). The van der Waals surface area contributed by atoms with Crippen molar-refractivity contribution in [1.29, 1.82) is 0 Å². The number of benzene rings is 1. The summed E-state index contributed by atoms with van der Waals surface area (Å²) in [6.45, 7) is 3.52. The molecule has 0 bridgehead atoms. The number of aryl methyl sites for hydroxylation is 1. The van der Waals surface area contributed by atoms with Gasteiger partial charge in [0.15, 0.2) is 5.76 Å². The van der Waals surface area contributed by atoms with Gasteiger partial charge in [-0.2, -0.15) is 0 Å². The zero-order valence-electron chi connectivity index (χ0n) is 14.0. The Labute approximate surface area is 141 Å². The largest absolute Gasteiger partial charge is 0.459 e. The number of nitrogens with one attached hydrogen (secondary N) is 1. The number of imidazole rings is 1. The minimum atomic E-state index is -0.218. The zero-order valence-corrected chi connectivity index (χ0v) is 14.0. The highest BCUT2D eigenvalue weighted by Crippen LogP contribution is 2.17. The predicted octanol–water partition coefficient (Wildman–Crippen LogP) is 4.14. The number of unbranched alkanes of at least 4 members (excludes halogenated alkanes) is 3. The normalized spacial score (nSPS) is 11.0. The molecule has 0 spiro atoms. The number of amides is 1. The van der Waals surface area contributed by atoms with Crippen molar-refractivity contribution in [2.75, 3.05) is 0 Å². The summed E-state index contributed by atoms with van der Waals surface area (Å²) in [7, 11) is 0. The number of carbonyl (C=O) groups excluding carboxylic acids is 1. The predicted molar refractivity (Wildman–Crippen MR) is 93.8 cm³/mol. The van der Waals surface area contributed by atoms with Gasteiger partial charge in [0.2, 0.25) is 0 Å². The van der Waals surface area contributed by atoms with Crippen LogP contribution >= 0.6 is 0 Å². The minimum absolute atomic E-state index is 0.218. The second kappa shape index (κ2) is 7.81. The summed E-state index contributed by atoms with van der Waals surface area (Å²) < 4.78 is 7.34. The van der Waals surface area contributed by atoms with E-state index in [1.165, 1.54) is 25.5 Å². The first kappa shape index (κ1) is 16.3. The van der Waals surface area contributed by atoms with E-state index in [1.807, 2.05) is 18.2 Å². The third kappa shape index (κ3) is 3.67. The lowest BCUT2D eigenvalue weighted by Crippen LogP contribution is -2.24. The molecule has 0 atom stereocenters. The monoisotopic (exact) mass is 325 g/mol. The van der Waals surface area contributed by atoms with E-state index >= 15 is 0 Å². The Hall–Kier alpha value is -2.56. The van der Waals surface area contributed by atoms with Crippen molar-refractivity contribution in [3.8, 4) is 0 Å². The zero-order chi connectivity index (χ0) is 16.8. The summed E-state index contributed by atoms with van der Waals surface area (Å²) >= 11 is 0. The Morgan fingerprint density at radius 1 is 1.17 bits per heavy atom. The Kier molecular flexibility index (Phi) is 5.31. The lowest BCUT2D eigenvalue weighted by Gasteiger charge is -2.09. The molecule has 0 saturated carbocycles. The van der Waals surface area contributed by atoms with Gasteiger partial charge in [-0.1, -0.05) is 38.3 Å². The van der Waals surface area contributed by atoms with Crippen LogP contribution in [0.25, 0.3) is 11.0 Å². The van der Waals surface area contributed by atoms with Crippen LogP contribution in [0.4, 0.5) is 0 Å². The third-order valence-corrected chi connectivity index (χ3v) is 4.12. The molecular weight excluding hydrogens is 302 g/mol. The van der Waals surface area contributed by atoms with Gasteiger partial charge in [-0.25, -0.2) is 4.98 Å². The fourth-order valence-electron chi connectivity index (χ4n) is 2.86. The quantitative estimate of drug-likeness (QED) is 0.633. The number of rotatable bonds is 8. The van der Waals surface area contributed by atoms with Gasteiger partial charge in [0, 0.05) is 6.54 Å². The number of para-hydroxylation sites is 2. The summed E-state index contributed by atoms with van der Waals surface area (Å²) in [5.74, 6) is 0.984. The molecule has 24 heavy (non-hydrogen) atoms. The van der Waals surface area contributed by atoms with Crippen molar-refractivity contribution in [2.45, 2.75) is 45.7 Å². The number of furan rings is 1. The first-order valence-corrected chi connectivity index (χ1v) is 8.55. The lowest BCUT2D eigenvalue weighted by atomic mass is 10.2. The molecule has 2 heterocycles. The van der Waals surface area contributed by atoms with Gasteiger partial charge >= 0.3 is 0 Å². The summed E-state index contributed by atoms with van der Waals surface area (Å²) in [5.41, 5.74) is 2.09. The molecule has 5 heteroatoms. The van der Waals surface area contributed by atoms with Crippen LogP contribution in [0.1, 0.15) is 49.0 Å². The van der Waals surface area contributed by atoms with Crippen molar-refractivity contribution in [3.05, 3.63) is 54.2 Å². The number of aromatic nitrogens is 2. The van der Waals surface area contributed by atoms with Crippen molar-refractivity contribution in [2.24, 2.45) is 0 Å². The molecule has 2 aromatic heterocycles. The van der Waals surface area contributed by atoms with Crippen molar-refractivity contribution < 1.29 is 9.21 Å². The average Bonchev–Trinajstić information content (AvgIpc) is 3.25. The van der Waals surface area contributed by atoms with Crippen molar-refractivity contribution in [1.82, 2.24) is 14.9 Å². The van der Waals surface area contributed by atoms with Crippen molar-refractivity contribution in [3.63, 3.8) is 0 Å². The van der Waals surface area contributed by atoms with Crippen LogP contribution < -0.4 is 5.32 Å². The smallest absolute Gasteiger partial charge is 0.287 e. The highest BCUT2D eigenvalue weighted by Gasteiger charge is 2.13. The van der Waals surface area contributed by atoms with Crippen LogP contribution in [0.2, 0.25) is 0 Å². The topological polar surface area (TPSA) is 60.1 Å². The molecule has 0 aliphatic carbocycles. The maximum atomic E-state index is 12.1. The average molecular weight is 325 g/mol. The number of fused-ring (bicyclic) bond motifs is 1. The molecule has 5 nitrogen and oxygen atoms in total. The van der Waals surface area contributed by atoms with Crippen LogP contribution in [0.3, 0.4) is 0 Å². The SMILES string of the molecule is CCCCCCn1c(CNC(=O)c2ccco2)nc2ccccc21. The van der Waals surface area contributed by atoms with Gasteiger partial charge in [-0.05, 0) is 30.7 Å². The Balaban J connectivity index is 1.74. The molecule has 0 radical (unpaired) electrons. The van der Waals surface area contributed by atoms with Gasteiger partial charge in [-0.15, -0.1) is 0 Å². The van der Waals surface area contributed by atoms with E-state index in [4.69, 9.17) is 4.42 Å². The van der Waals surface area contributed by atoms with Gasteiger partial charge < -0.3 is 14.3 Å². The molecule has 1 N–H and O–H groups in total. The molecular formula is C19H23N3O2. The highest BCUT2D eigenvalue weighted by molar-refractivity contribution is 5.91. The van der Waals surface area contributed by atoms with Gasteiger partial charge in [0.25, 0.3) is 5.91 Å². The maximum Gasteiger partial charge on any atom is 0.287 e. The first-order valence-electron chi connectivity index (χ1n) is 8.55. The molecule has 1 amide bonds. The van der Waals surface area contributed by atoms with Gasteiger partial charge in [-0.3, -0.25) is 4.79 Å². The fourth-order valence-corrected chi connectivity index (χ4v) is 2.86. The van der Waals surface area contributed by atoms with Crippen LogP contribution in [-0.2, 0) is 13.1 Å². The molecule has 0 aliphatic rings. The molecule has 1 aromatic carbocycles. The molecule has 3 rings (SSSR count). The summed E-state index contributed by atoms with van der Waals surface area (Å²) in [6, 6.07) is 11.5. The molecule has 0 unspecified atom stereocenters. The van der Waals surface area contributed by atoms with Gasteiger partial charge in [0.05, 0.1) is 23.8 Å². The molecule has 0 saturated heterocycles. The third-order valence-electron chi connectivity index (χ3n) is 4.12. The van der Waals surface area contributed by atoms with Crippen molar-refractivity contribution >= 4 is 16.9 Å². The van der Waals surface area contributed by atoms with E-state index in [0.717, 1.165) is 29.8 Å². The van der Waals surface area contributed by atoms with E-state index in [-0.39, 0.29) is 5.91 Å².